The van der Waals surface area contributed by atoms with Crippen LogP contribution in [-0.4, -0.2) is 35.4 Å². The third-order valence-corrected chi connectivity index (χ3v) is 5.21. The van der Waals surface area contributed by atoms with Crippen LogP contribution in [-0.2, 0) is 4.74 Å². The fraction of sp³-hybridized carbons (Fsp3) is 0.192. The molecule has 0 aliphatic carbocycles. The summed E-state index contributed by atoms with van der Waals surface area (Å²) < 4.78 is 17.5. The van der Waals surface area contributed by atoms with Gasteiger partial charge >= 0.3 is 5.97 Å². The molecule has 0 atom stereocenters. The number of nitrogens with zero attached hydrogens (tertiary/aromatic N) is 2. The maximum absolute atomic E-state index is 12.7. The van der Waals surface area contributed by atoms with Crippen molar-refractivity contribution < 1.29 is 23.5 Å². The zero-order valence-electron chi connectivity index (χ0n) is 19.4. The number of nitrogens with one attached hydrogen (secondary N) is 1. The Balaban J connectivity index is 1.71. The van der Waals surface area contributed by atoms with Gasteiger partial charge in [0, 0.05) is 11.3 Å². The first-order chi connectivity index (χ1) is 16.4. The smallest absolute Gasteiger partial charge is 0.358 e. The maximum atomic E-state index is 12.7. The van der Waals surface area contributed by atoms with Crippen LogP contribution in [0.3, 0.4) is 0 Å². The molecule has 1 N–H and O–H groups in total. The summed E-state index contributed by atoms with van der Waals surface area (Å²) >= 11 is 0. The second-order valence-electron chi connectivity index (χ2n) is 7.61. The number of esters is 1. The van der Waals surface area contributed by atoms with Crippen LogP contribution in [0, 0.1) is 13.8 Å². The number of carbonyl (C=O) groups is 2. The first-order valence-electron chi connectivity index (χ1n) is 10.8. The van der Waals surface area contributed by atoms with Gasteiger partial charge in [-0.2, -0.15) is 5.10 Å². The Labute approximate surface area is 197 Å². The molecule has 0 aliphatic rings. The summed E-state index contributed by atoms with van der Waals surface area (Å²) in [5.74, 6) is 1.17. The van der Waals surface area contributed by atoms with E-state index in [2.05, 4.69) is 10.4 Å². The van der Waals surface area contributed by atoms with Gasteiger partial charge in [0.2, 0.25) is 0 Å². The van der Waals surface area contributed by atoms with E-state index in [1.807, 2.05) is 42.5 Å². The van der Waals surface area contributed by atoms with E-state index < -0.39 is 5.97 Å². The van der Waals surface area contributed by atoms with Gasteiger partial charge in [-0.1, -0.05) is 12.1 Å². The largest absolute Gasteiger partial charge is 0.497 e. The van der Waals surface area contributed by atoms with Crippen LogP contribution >= 0.6 is 0 Å². The molecule has 1 amide bonds. The van der Waals surface area contributed by atoms with Gasteiger partial charge in [-0.05, 0) is 69.3 Å². The number of benzene rings is 2. The third-order valence-electron chi connectivity index (χ3n) is 5.21. The van der Waals surface area contributed by atoms with Crippen molar-refractivity contribution in [3.63, 3.8) is 0 Å². The number of furan rings is 1. The van der Waals surface area contributed by atoms with Gasteiger partial charge in [0.15, 0.2) is 5.69 Å². The molecule has 0 unspecified atom stereocenters. The number of amides is 1. The van der Waals surface area contributed by atoms with Gasteiger partial charge in [-0.15, -0.1) is 0 Å². The number of hydrogen-bond donors (Lipinski definition) is 1. The Kier molecular flexibility index (Phi) is 6.49. The van der Waals surface area contributed by atoms with Gasteiger partial charge < -0.3 is 19.2 Å². The van der Waals surface area contributed by atoms with Crippen molar-refractivity contribution in [3.05, 3.63) is 83.4 Å². The molecule has 2 aromatic carbocycles. The molecule has 8 heteroatoms. The van der Waals surface area contributed by atoms with E-state index in [9.17, 15) is 9.59 Å². The molecule has 34 heavy (non-hydrogen) atoms. The molecule has 4 aromatic rings. The van der Waals surface area contributed by atoms with Crippen LogP contribution in [0.15, 0.2) is 65.1 Å². The lowest BCUT2D eigenvalue weighted by molar-refractivity contribution is 0.0518. The van der Waals surface area contributed by atoms with Crippen molar-refractivity contribution in [1.29, 1.82) is 0 Å². The summed E-state index contributed by atoms with van der Waals surface area (Å²) in [6, 6.07) is 18.0. The second-order valence-corrected chi connectivity index (χ2v) is 7.61. The Morgan fingerprint density at radius 3 is 2.47 bits per heavy atom. The monoisotopic (exact) mass is 459 g/mol. The number of hydrogen-bond acceptors (Lipinski definition) is 6. The molecule has 0 saturated heterocycles. The predicted octanol–water partition coefficient (Wildman–Crippen LogP) is 5.19. The number of aromatic nitrogens is 2. The standard InChI is InChI=1S/C26H25N3O5/c1-5-33-26(31)23-15-24(29(28-23)20-9-11-21(32-4)12-10-20)18-7-6-8-19(14-18)27-25(30)22-13-16(2)34-17(22)3/h6-15H,5H2,1-4H3,(H,27,30). The van der Waals surface area contributed by atoms with Gasteiger partial charge in [-0.25, -0.2) is 9.48 Å². The average Bonchev–Trinajstić information content (AvgIpc) is 3.43. The highest BCUT2D eigenvalue weighted by Crippen LogP contribution is 2.28. The second kappa shape index (κ2) is 9.66. The van der Waals surface area contributed by atoms with Crippen LogP contribution < -0.4 is 10.1 Å². The van der Waals surface area contributed by atoms with Gasteiger partial charge in [0.05, 0.1) is 30.7 Å². The molecule has 8 nitrogen and oxygen atoms in total. The lowest BCUT2D eigenvalue weighted by Crippen LogP contribution is -2.12. The van der Waals surface area contributed by atoms with E-state index in [1.54, 1.807) is 50.8 Å². The molecule has 2 heterocycles. The molecule has 0 spiro atoms. The molecular formula is C26H25N3O5. The Hall–Kier alpha value is -4.33. The van der Waals surface area contributed by atoms with Crippen LogP contribution in [0.5, 0.6) is 5.75 Å². The summed E-state index contributed by atoms with van der Waals surface area (Å²) in [5.41, 5.74) is 3.44. The highest BCUT2D eigenvalue weighted by atomic mass is 16.5. The number of anilines is 1. The highest BCUT2D eigenvalue weighted by molar-refractivity contribution is 6.05. The minimum Gasteiger partial charge on any atom is -0.497 e. The van der Waals surface area contributed by atoms with Crippen molar-refractivity contribution in [2.24, 2.45) is 0 Å². The first kappa shape index (κ1) is 22.8. The maximum Gasteiger partial charge on any atom is 0.358 e. The number of ether oxygens (including phenoxy) is 2. The predicted molar refractivity (Wildman–Crippen MR) is 128 cm³/mol. The number of aryl methyl sites for hydroxylation is 2. The lowest BCUT2D eigenvalue weighted by atomic mass is 10.1. The Bertz CT molecular complexity index is 1330. The molecular weight excluding hydrogens is 434 g/mol. The van der Waals surface area contributed by atoms with Crippen molar-refractivity contribution in [3.8, 4) is 22.7 Å². The van der Waals surface area contributed by atoms with Crippen molar-refractivity contribution in [2.45, 2.75) is 20.8 Å². The number of rotatable bonds is 7. The zero-order chi connectivity index (χ0) is 24.2. The van der Waals surface area contributed by atoms with Crippen LogP contribution in [0.2, 0.25) is 0 Å². The van der Waals surface area contributed by atoms with E-state index >= 15 is 0 Å². The molecule has 0 fully saturated rings. The average molecular weight is 460 g/mol. The third kappa shape index (κ3) is 4.71. The summed E-state index contributed by atoms with van der Waals surface area (Å²) in [4.78, 5) is 25.1. The number of carbonyl (C=O) groups excluding carboxylic acids is 2. The zero-order valence-corrected chi connectivity index (χ0v) is 19.4. The summed E-state index contributed by atoms with van der Waals surface area (Å²) in [5, 5.41) is 7.39. The molecule has 2 aromatic heterocycles. The molecule has 0 bridgehead atoms. The van der Waals surface area contributed by atoms with E-state index in [4.69, 9.17) is 13.9 Å². The molecule has 174 valence electrons. The first-order valence-corrected chi connectivity index (χ1v) is 10.8. The lowest BCUT2D eigenvalue weighted by Gasteiger charge is -2.10. The van der Waals surface area contributed by atoms with Crippen LogP contribution in [0.4, 0.5) is 5.69 Å². The van der Waals surface area contributed by atoms with Gasteiger partial charge in [0.25, 0.3) is 5.91 Å². The van der Waals surface area contributed by atoms with Gasteiger partial charge in [-0.3, -0.25) is 4.79 Å². The molecule has 0 aliphatic heterocycles. The van der Waals surface area contributed by atoms with E-state index in [0.717, 1.165) is 11.3 Å². The van der Waals surface area contributed by atoms with Crippen LogP contribution in [0.1, 0.15) is 39.3 Å². The van der Waals surface area contributed by atoms with E-state index in [-0.39, 0.29) is 18.2 Å². The van der Waals surface area contributed by atoms with Crippen molar-refractivity contribution in [2.75, 3.05) is 19.0 Å². The van der Waals surface area contributed by atoms with Crippen LogP contribution in [0.25, 0.3) is 16.9 Å². The Morgan fingerprint density at radius 2 is 1.82 bits per heavy atom. The summed E-state index contributed by atoms with van der Waals surface area (Å²) in [6.45, 7) is 5.54. The molecule has 0 saturated carbocycles. The summed E-state index contributed by atoms with van der Waals surface area (Å²) in [6.07, 6.45) is 0. The van der Waals surface area contributed by atoms with Crippen molar-refractivity contribution in [1.82, 2.24) is 9.78 Å². The fourth-order valence-electron chi connectivity index (χ4n) is 3.62. The Morgan fingerprint density at radius 1 is 1.06 bits per heavy atom. The SMILES string of the molecule is CCOC(=O)c1cc(-c2cccc(NC(=O)c3cc(C)oc3C)c2)n(-c2ccc(OC)cc2)n1. The summed E-state index contributed by atoms with van der Waals surface area (Å²) in [7, 11) is 1.60. The highest BCUT2D eigenvalue weighted by Gasteiger charge is 2.19. The normalized spacial score (nSPS) is 10.7. The molecule has 0 radical (unpaired) electrons. The van der Waals surface area contributed by atoms with Gasteiger partial charge in [0.1, 0.15) is 17.3 Å². The molecule has 4 rings (SSSR count). The minimum atomic E-state index is -0.508. The fourth-order valence-corrected chi connectivity index (χ4v) is 3.62. The topological polar surface area (TPSA) is 95.6 Å². The quantitative estimate of drug-likeness (QED) is 0.382. The van der Waals surface area contributed by atoms with Crippen molar-refractivity contribution >= 4 is 17.6 Å². The minimum absolute atomic E-state index is 0.187. The van der Waals surface area contributed by atoms with E-state index in [1.165, 1.54) is 0 Å². The number of methoxy groups -OCH3 is 1. The van der Waals surface area contributed by atoms with E-state index in [0.29, 0.717) is 34.2 Å².